The molecule has 0 saturated carbocycles. The second-order valence-electron chi connectivity index (χ2n) is 7.69. The van der Waals surface area contributed by atoms with Gasteiger partial charge in [0.2, 0.25) is 0 Å². The molecule has 0 radical (unpaired) electrons. The first kappa shape index (κ1) is 22.8. The Kier molecular flexibility index (Phi) is 9.24. The molecular weight excluding hydrogens is 398 g/mol. The number of amidine groups is 1. The molecule has 0 spiro atoms. The van der Waals surface area contributed by atoms with Gasteiger partial charge < -0.3 is 14.7 Å². The maximum absolute atomic E-state index is 12.3. The molecule has 1 fully saturated rings. The van der Waals surface area contributed by atoms with Crippen molar-refractivity contribution < 1.29 is 14.6 Å². The Morgan fingerprint density at radius 2 is 1.83 bits per heavy atom. The summed E-state index contributed by atoms with van der Waals surface area (Å²) < 4.78 is 5.81. The first-order valence-corrected chi connectivity index (χ1v) is 11.8. The molecule has 3 rings (SSSR count). The molecular formula is C23H33N3O3S. The summed E-state index contributed by atoms with van der Waals surface area (Å²) in [6.45, 7) is 7.29. The van der Waals surface area contributed by atoms with E-state index in [-0.39, 0.29) is 12.5 Å². The number of aliphatic imine (C=N–C) groups is 1. The lowest BCUT2D eigenvalue weighted by atomic mass is 10.2. The Morgan fingerprint density at radius 1 is 1.10 bits per heavy atom. The van der Waals surface area contributed by atoms with Crippen LogP contribution in [0.5, 0.6) is 5.75 Å². The second-order valence-corrected chi connectivity index (χ2v) is 8.70. The number of rotatable bonds is 10. The van der Waals surface area contributed by atoms with Gasteiger partial charge in [0.05, 0.1) is 18.1 Å². The van der Waals surface area contributed by atoms with Gasteiger partial charge in [0.15, 0.2) is 5.17 Å². The van der Waals surface area contributed by atoms with E-state index in [4.69, 9.17) is 9.84 Å². The lowest BCUT2D eigenvalue weighted by molar-refractivity contribution is -0.113. The Balaban J connectivity index is 1.46. The van der Waals surface area contributed by atoms with Gasteiger partial charge in [-0.25, -0.2) is 0 Å². The van der Waals surface area contributed by atoms with Crippen LogP contribution in [-0.4, -0.2) is 71.9 Å². The molecule has 164 valence electrons. The molecule has 1 saturated heterocycles. The summed E-state index contributed by atoms with van der Waals surface area (Å²) in [5.41, 5.74) is 0.977. The van der Waals surface area contributed by atoms with Gasteiger partial charge in [0.1, 0.15) is 5.75 Å². The number of benzene rings is 1. The van der Waals surface area contributed by atoms with E-state index in [9.17, 15) is 4.79 Å². The highest BCUT2D eigenvalue weighted by Gasteiger charge is 2.28. The minimum atomic E-state index is -0.166. The van der Waals surface area contributed by atoms with E-state index < -0.39 is 0 Å². The van der Waals surface area contributed by atoms with E-state index in [2.05, 4.69) is 21.7 Å². The van der Waals surface area contributed by atoms with Gasteiger partial charge in [0, 0.05) is 32.7 Å². The van der Waals surface area contributed by atoms with Crippen molar-refractivity contribution in [2.45, 2.75) is 39.0 Å². The highest BCUT2D eigenvalue weighted by Crippen LogP contribution is 2.31. The quantitative estimate of drug-likeness (QED) is 0.451. The highest BCUT2D eigenvalue weighted by molar-refractivity contribution is 8.18. The predicted octanol–water partition coefficient (Wildman–Crippen LogP) is 3.62. The third-order valence-corrected chi connectivity index (χ3v) is 6.41. The van der Waals surface area contributed by atoms with E-state index in [1.807, 2.05) is 30.3 Å². The zero-order valence-electron chi connectivity index (χ0n) is 17.9. The van der Waals surface area contributed by atoms with E-state index in [1.165, 1.54) is 37.4 Å². The molecule has 6 nitrogen and oxygen atoms in total. The average Bonchev–Trinajstić information content (AvgIpc) is 3.13. The molecule has 1 aromatic carbocycles. The average molecular weight is 432 g/mol. The van der Waals surface area contributed by atoms with E-state index in [0.717, 1.165) is 55.7 Å². The molecule has 2 aliphatic heterocycles. The molecule has 0 atom stereocenters. The fourth-order valence-corrected chi connectivity index (χ4v) is 4.51. The van der Waals surface area contributed by atoms with E-state index in [0.29, 0.717) is 11.4 Å². The molecule has 0 aliphatic carbocycles. The number of piperazine rings is 1. The van der Waals surface area contributed by atoms with Gasteiger partial charge in [-0.3, -0.25) is 9.69 Å². The summed E-state index contributed by atoms with van der Waals surface area (Å²) in [5.74, 6) is 0.705. The molecule has 30 heavy (non-hydrogen) atoms. The molecule has 0 bridgehead atoms. The number of carbonyl (C=O) groups excluding carboxylic acids is 1. The summed E-state index contributed by atoms with van der Waals surface area (Å²) in [5, 5.41) is 9.85. The van der Waals surface area contributed by atoms with Gasteiger partial charge in [-0.1, -0.05) is 44.7 Å². The number of hydrogen-bond acceptors (Lipinski definition) is 6. The van der Waals surface area contributed by atoms with Crippen LogP contribution < -0.4 is 4.74 Å². The van der Waals surface area contributed by atoms with Crippen LogP contribution in [0.3, 0.4) is 0 Å². The maximum Gasteiger partial charge on any atom is 0.286 e. The van der Waals surface area contributed by atoms with Crippen LogP contribution in [0.25, 0.3) is 6.08 Å². The van der Waals surface area contributed by atoms with Crippen molar-refractivity contribution in [2.75, 3.05) is 45.9 Å². The number of nitrogens with zero attached hydrogens (tertiary/aromatic N) is 3. The maximum atomic E-state index is 12.3. The standard InChI is InChI=1S/C23H33N3O3S/c1-2-3-4-5-6-17-29-20-9-7-19(8-10-20)18-21-22(28)24-23(30-21)26-13-11-25(12-14-26)15-16-27/h7-10,18,27H,2-6,11-17H2,1H3/b21-18+. The SMILES string of the molecule is CCCCCCCOc1ccc(/C=C2/SC(N3CCN(CCO)CC3)=NC2=O)cc1. The van der Waals surface area contributed by atoms with Crippen molar-refractivity contribution in [3.63, 3.8) is 0 Å². The number of aliphatic hydroxyl groups excluding tert-OH is 1. The van der Waals surface area contributed by atoms with Crippen LogP contribution in [0.15, 0.2) is 34.2 Å². The molecule has 1 aromatic rings. The lowest BCUT2D eigenvalue weighted by Gasteiger charge is -2.34. The number of amides is 1. The summed E-state index contributed by atoms with van der Waals surface area (Å²) in [7, 11) is 0. The van der Waals surface area contributed by atoms with Gasteiger partial charge in [-0.15, -0.1) is 0 Å². The number of unbranched alkanes of at least 4 members (excludes halogenated alkanes) is 4. The molecule has 7 heteroatoms. The number of carbonyl (C=O) groups is 1. The monoisotopic (exact) mass is 431 g/mol. The van der Waals surface area contributed by atoms with Gasteiger partial charge >= 0.3 is 0 Å². The first-order chi connectivity index (χ1) is 14.7. The van der Waals surface area contributed by atoms with Crippen molar-refractivity contribution in [1.29, 1.82) is 0 Å². The third kappa shape index (κ3) is 6.86. The van der Waals surface area contributed by atoms with Crippen LogP contribution >= 0.6 is 11.8 Å². The number of ether oxygens (including phenoxy) is 1. The fraction of sp³-hybridized carbons (Fsp3) is 0.565. The van der Waals surface area contributed by atoms with Crippen molar-refractivity contribution in [2.24, 2.45) is 4.99 Å². The Morgan fingerprint density at radius 3 is 2.53 bits per heavy atom. The number of aliphatic hydroxyl groups is 1. The molecule has 0 unspecified atom stereocenters. The Bertz CT molecular complexity index is 741. The summed E-state index contributed by atoms with van der Waals surface area (Å²) >= 11 is 1.45. The smallest absolute Gasteiger partial charge is 0.286 e. The normalized spacial score (nSPS) is 18.9. The third-order valence-electron chi connectivity index (χ3n) is 5.36. The summed E-state index contributed by atoms with van der Waals surface area (Å²) in [4.78, 5) is 21.6. The molecule has 1 amide bonds. The van der Waals surface area contributed by atoms with Crippen LogP contribution in [0.1, 0.15) is 44.6 Å². The fourth-order valence-electron chi connectivity index (χ4n) is 3.54. The molecule has 2 heterocycles. The van der Waals surface area contributed by atoms with Crippen LogP contribution in [0.4, 0.5) is 0 Å². The predicted molar refractivity (Wildman–Crippen MR) is 124 cm³/mol. The summed E-state index contributed by atoms with van der Waals surface area (Å²) in [6.07, 6.45) is 8.04. The van der Waals surface area contributed by atoms with Crippen molar-refractivity contribution in [3.8, 4) is 5.75 Å². The topological polar surface area (TPSA) is 65.4 Å². The van der Waals surface area contributed by atoms with Crippen molar-refractivity contribution in [3.05, 3.63) is 34.7 Å². The zero-order chi connectivity index (χ0) is 21.2. The number of thioether (sulfide) groups is 1. The molecule has 2 aliphatic rings. The van der Waals surface area contributed by atoms with Crippen LogP contribution in [-0.2, 0) is 4.79 Å². The van der Waals surface area contributed by atoms with Crippen molar-refractivity contribution >= 4 is 28.9 Å². The largest absolute Gasteiger partial charge is 0.494 e. The van der Waals surface area contributed by atoms with Crippen LogP contribution in [0, 0.1) is 0 Å². The van der Waals surface area contributed by atoms with Crippen molar-refractivity contribution in [1.82, 2.24) is 9.80 Å². The van der Waals surface area contributed by atoms with Gasteiger partial charge in [0.25, 0.3) is 5.91 Å². The van der Waals surface area contributed by atoms with E-state index in [1.54, 1.807) is 0 Å². The molecule has 0 aromatic heterocycles. The van der Waals surface area contributed by atoms with Crippen LogP contribution in [0.2, 0.25) is 0 Å². The number of hydrogen-bond donors (Lipinski definition) is 1. The Hall–Kier alpha value is -1.83. The number of β-amino-alcohol motifs (C(OH)–C–C–N with tert-alkyl or cyclic N) is 1. The van der Waals surface area contributed by atoms with Gasteiger partial charge in [-0.05, 0) is 42.0 Å². The Labute approximate surface area is 184 Å². The minimum absolute atomic E-state index is 0.166. The second kappa shape index (κ2) is 12.1. The lowest BCUT2D eigenvalue weighted by Crippen LogP contribution is -2.48. The first-order valence-electron chi connectivity index (χ1n) is 11.0. The van der Waals surface area contributed by atoms with E-state index >= 15 is 0 Å². The summed E-state index contributed by atoms with van der Waals surface area (Å²) in [6, 6.07) is 7.90. The van der Waals surface area contributed by atoms with Gasteiger partial charge in [-0.2, -0.15) is 4.99 Å². The minimum Gasteiger partial charge on any atom is -0.494 e. The zero-order valence-corrected chi connectivity index (χ0v) is 18.7. The highest BCUT2D eigenvalue weighted by atomic mass is 32.2. The molecule has 1 N–H and O–H groups in total.